The minimum atomic E-state index is 0.664. The Hall–Kier alpha value is -1.57. The van der Waals surface area contributed by atoms with Crippen LogP contribution in [0.15, 0.2) is 36.9 Å². The molecule has 0 unspecified atom stereocenters. The van der Waals surface area contributed by atoms with E-state index in [9.17, 15) is 5.21 Å². The van der Waals surface area contributed by atoms with Crippen molar-refractivity contribution in [3.05, 3.63) is 47.7 Å². The molecule has 0 aliphatic carbocycles. The van der Waals surface area contributed by atoms with E-state index in [1.165, 1.54) is 12.3 Å². The summed E-state index contributed by atoms with van der Waals surface area (Å²) in [4.78, 5) is 0. The Balaban J connectivity index is 3.10. The predicted octanol–water partition coefficient (Wildman–Crippen LogP) is 2.39. The van der Waals surface area contributed by atoms with Crippen LogP contribution >= 0.6 is 0 Å². The molecule has 0 saturated carbocycles. The molecule has 2 heteroatoms. The van der Waals surface area contributed by atoms with Crippen LogP contribution in [0.2, 0.25) is 0 Å². The van der Waals surface area contributed by atoms with Gasteiger partial charge in [0.1, 0.15) is 0 Å². The summed E-state index contributed by atoms with van der Waals surface area (Å²) in [5.41, 5.74) is 1.63. The second-order valence-electron chi connectivity index (χ2n) is 2.50. The van der Waals surface area contributed by atoms with Crippen LogP contribution in [-0.4, -0.2) is 11.0 Å². The first-order valence-electron chi connectivity index (χ1n) is 3.73. The molecule has 0 aliphatic heterocycles. The molecule has 12 heavy (non-hydrogen) atoms. The number of hydrogen-bond acceptors (Lipinski definition) is 1. The van der Waals surface area contributed by atoms with Crippen molar-refractivity contribution in [1.82, 2.24) is 0 Å². The van der Waals surface area contributed by atoms with Gasteiger partial charge in [-0.25, -0.2) is 0 Å². The van der Waals surface area contributed by atoms with E-state index < -0.39 is 0 Å². The van der Waals surface area contributed by atoms with E-state index >= 15 is 0 Å². The molecule has 0 spiro atoms. The van der Waals surface area contributed by atoms with Crippen molar-refractivity contribution in [2.75, 3.05) is 0 Å². The molecule has 0 aromatic heterocycles. The molecule has 0 bridgehead atoms. The summed E-state index contributed by atoms with van der Waals surface area (Å²) in [6, 6.07) is 7.42. The van der Waals surface area contributed by atoms with E-state index in [1.54, 1.807) is 6.07 Å². The summed E-state index contributed by atoms with van der Waals surface area (Å²) >= 11 is 0. The third-order valence-corrected chi connectivity index (χ3v) is 1.59. The smallest absolute Gasteiger partial charge is 0.219 e. The van der Waals surface area contributed by atoms with Gasteiger partial charge in [0.15, 0.2) is 6.21 Å². The molecule has 62 valence electrons. The third kappa shape index (κ3) is 1.72. The topological polar surface area (TPSA) is 26.1 Å². The van der Waals surface area contributed by atoms with Crippen LogP contribution in [0.1, 0.15) is 5.56 Å². The summed E-state index contributed by atoms with van der Waals surface area (Å²) in [7, 11) is 0. The molecule has 0 atom stereocenters. The second-order valence-corrected chi connectivity index (χ2v) is 2.50. The largest absolute Gasteiger partial charge is 0.618 e. The van der Waals surface area contributed by atoms with Crippen LogP contribution in [0.3, 0.4) is 0 Å². The Bertz CT molecular complexity index is 315. The minimum Gasteiger partial charge on any atom is -0.618 e. The molecule has 1 aromatic rings. The van der Waals surface area contributed by atoms with Crippen molar-refractivity contribution >= 4 is 11.9 Å². The highest BCUT2D eigenvalue weighted by Gasteiger charge is 2.02. The number of benzene rings is 1. The zero-order valence-corrected chi connectivity index (χ0v) is 7.03. The summed E-state index contributed by atoms with van der Waals surface area (Å²) in [5, 5.41) is 11.3. The van der Waals surface area contributed by atoms with Gasteiger partial charge in [-0.2, -0.15) is 4.74 Å². The number of aryl methyl sites for hydroxylation is 1. The van der Waals surface area contributed by atoms with Crippen molar-refractivity contribution in [3.63, 3.8) is 0 Å². The molecule has 1 rings (SSSR count). The maximum absolute atomic E-state index is 11.3. The minimum absolute atomic E-state index is 0.664. The van der Waals surface area contributed by atoms with Gasteiger partial charge >= 0.3 is 0 Å². The van der Waals surface area contributed by atoms with E-state index in [2.05, 4.69) is 6.58 Å². The lowest BCUT2D eigenvalue weighted by atomic mass is 10.2. The summed E-state index contributed by atoms with van der Waals surface area (Å²) in [6.45, 7) is 5.36. The van der Waals surface area contributed by atoms with E-state index in [4.69, 9.17) is 0 Å². The fourth-order valence-corrected chi connectivity index (χ4v) is 0.987. The fourth-order valence-electron chi connectivity index (χ4n) is 0.987. The molecule has 0 saturated heterocycles. The average Bonchev–Trinajstić information content (AvgIpc) is 2.05. The number of allylic oxidation sites excluding steroid dienone is 1. The van der Waals surface area contributed by atoms with Crippen molar-refractivity contribution in [3.8, 4) is 0 Å². The Morgan fingerprint density at radius 2 is 2.08 bits per heavy atom. The first kappa shape index (κ1) is 8.53. The highest BCUT2D eigenvalue weighted by molar-refractivity contribution is 5.67. The number of rotatable bonds is 2. The summed E-state index contributed by atoms with van der Waals surface area (Å²) in [6.07, 6.45) is 2.86. The lowest BCUT2D eigenvalue weighted by molar-refractivity contribution is -0.354. The van der Waals surface area contributed by atoms with Crippen LogP contribution in [0.25, 0.3) is 0 Å². The molecule has 0 N–H and O–H groups in total. The Morgan fingerprint density at radius 3 is 2.67 bits per heavy atom. The molecular formula is C10H11NO. The van der Waals surface area contributed by atoms with Gasteiger partial charge in [0.2, 0.25) is 5.69 Å². The standard InChI is InChI=1S/C10H11NO/c1-3-8-11(12)10-7-5-4-6-9(10)2/h3-8H,1H2,2H3/b11-8+. The van der Waals surface area contributed by atoms with Gasteiger partial charge in [-0.15, -0.1) is 0 Å². The lowest BCUT2D eigenvalue weighted by Crippen LogP contribution is -1.96. The van der Waals surface area contributed by atoms with Crippen molar-refractivity contribution < 1.29 is 4.74 Å². The second kappa shape index (κ2) is 3.72. The van der Waals surface area contributed by atoms with Gasteiger partial charge < -0.3 is 5.21 Å². The van der Waals surface area contributed by atoms with Gasteiger partial charge in [-0.1, -0.05) is 24.8 Å². The average molecular weight is 161 g/mol. The Labute approximate surface area is 72.1 Å². The first-order valence-corrected chi connectivity index (χ1v) is 3.73. The molecule has 0 fully saturated rings. The van der Waals surface area contributed by atoms with E-state index in [0.29, 0.717) is 5.69 Å². The molecule has 1 aromatic carbocycles. The molecule has 0 aliphatic rings. The monoisotopic (exact) mass is 161 g/mol. The van der Waals surface area contributed by atoms with Crippen molar-refractivity contribution in [2.24, 2.45) is 0 Å². The third-order valence-electron chi connectivity index (χ3n) is 1.59. The van der Waals surface area contributed by atoms with Gasteiger partial charge in [0.25, 0.3) is 0 Å². The number of nitrogens with zero attached hydrogens (tertiary/aromatic N) is 1. The molecule has 2 nitrogen and oxygen atoms in total. The van der Waals surface area contributed by atoms with Gasteiger partial charge in [-0.05, 0) is 13.0 Å². The van der Waals surface area contributed by atoms with Crippen LogP contribution in [-0.2, 0) is 0 Å². The Kier molecular flexibility index (Phi) is 2.64. The summed E-state index contributed by atoms with van der Waals surface area (Å²) < 4.78 is 0.808. The van der Waals surface area contributed by atoms with Gasteiger partial charge in [0, 0.05) is 11.6 Å². The highest BCUT2D eigenvalue weighted by atomic mass is 16.5. The molecular weight excluding hydrogens is 150 g/mol. The van der Waals surface area contributed by atoms with E-state index in [1.807, 2.05) is 25.1 Å². The van der Waals surface area contributed by atoms with Crippen molar-refractivity contribution in [1.29, 1.82) is 0 Å². The van der Waals surface area contributed by atoms with Crippen LogP contribution < -0.4 is 0 Å². The zero-order valence-electron chi connectivity index (χ0n) is 7.03. The normalized spacial score (nSPS) is 11.2. The molecule has 0 heterocycles. The van der Waals surface area contributed by atoms with Gasteiger partial charge in [0.05, 0.1) is 0 Å². The first-order chi connectivity index (χ1) is 5.75. The molecule has 0 amide bonds. The maximum atomic E-state index is 11.3. The van der Waals surface area contributed by atoms with E-state index in [-0.39, 0.29) is 0 Å². The Morgan fingerprint density at radius 1 is 1.42 bits per heavy atom. The van der Waals surface area contributed by atoms with Crippen LogP contribution in [0.5, 0.6) is 0 Å². The summed E-state index contributed by atoms with van der Waals surface area (Å²) in [5.74, 6) is 0. The highest BCUT2D eigenvalue weighted by Crippen LogP contribution is 2.15. The maximum Gasteiger partial charge on any atom is 0.219 e. The van der Waals surface area contributed by atoms with Crippen LogP contribution in [0.4, 0.5) is 5.69 Å². The van der Waals surface area contributed by atoms with E-state index in [0.717, 1.165) is 10.3 Å². The van der Waals surface area contributed by atoms with Crippen LogP contribution in [0, 0.1) is 12.1 Å². The molecule has 0 radical (unpaired) electrons. The fraction of sp³-hybridized carbons (Fsp3) is 0.100. The predicted molar refractivity (Wildman–Crippen MR) is 50.7 cm³/mol. The quantitative estimate of drug-likeness (QED) is 0.283. The SMILES string of the molecule is C=C/C=[N+](/[O-])c1ccccc1C. The van der Waals surface area contributed by atoms with Gasteiger partial charge in [-0.3, -0.25) is 0 Å². The zero-order chi connectivity index (χ0) is 8.97. The number of para-hydroxylation sites is 1. The number of hydrogen-bond donors (Lipinski definition) is 0. The van der Waals surface area contributed by atoms with Crippen molar-refractivity contribution in [2.45, 2.75) is 6.92 Å². The lowest BCUT2D eigenvalue weighted by Gasteiger charge is -2.03.